The van der Waals surface area contributed by atoms with E-state index < -0.39 is 0 Å². The molecule has 0 aromatic heterocycles. The molecule has 2 aromatic carbocycles. The van der Waals surface area contributed by atoms with E-state index in [4.69, 9.17) is 16.3 Å². The number of piperazine rings is 1. The second-order valence-corrected chi connectivity index (χ2v) is 6.81. The summed E-state index contributed by atoms with van der Waals surface area (Å²) < 4.78 is 5.29. The molecule has 1 N–H and O–H groups in total. The van der Waals surface area contributed by atoms with Crippen molar-refractivity contribution in [3.8, 4) is 5.75 Å². The molecule has 2 aromatic rings. The Kier molecular flexibility index (Phi) is 6.36. The van der Waals surface area contributed by atoms with Crippen molar-refractivity contribution in [2.24, 2.45) is 0 Å². The lowest BCUT2D eigenvalue weighted by molar-refractivity contribution is -0.122. The molecule has 6 heteroatoms. The fourth-order valence-corrected chi connectivity index (χ4v) is 3.29. The van der Waals surface area contributed by atoms with Gasteiger partial charge >= 0.3 is 0 Å². The summed E-state index contributed by atoms with van der Waals surface area (Å²) in [7, 11) is 1.68. The Balaban J connectivity index is 1.44. The maximum Gasteiger partial charge on any atom is 0.234 e. The number of carbonyl (C=O) groups excluding carboxylic acids is 1. The number of nitrogens with one attached hydrogen (secondary N) is 1. The van der Waals surface area contributed by atoms with Crippen LogP contribution in [0.5, 0.6) is 5.75 Å². The molecule has 1 aliphatic rings. The Morgan fingerprint density at radius 3 is 2.62 bits per heavy atom. The first kappa shape index (κ1) is 18.5. The second kappa shape index (κ2) is 8.92. The quantitative estimate of drug-likeness (QED) is 0.845. The zero-order valence-corrected chi connectivity index (χ0v) is 15.7. The largest absolute Gasteiger partial charge is 0.497 e. The maximum atomic E-state index is 12.2. The third-order valence-electron chi connectivity index (χ3n) is 4.54. The molecule has 0 bridgehead atoms. The van der Waals surface area contributed by atoms with Crippen LogP contribution in [-0.4, -0.2) is 50.6 Å². The normalized spacial score (nSPS) is 14.9. The molecule has 0 aliphatic carbocycles. The standard InChI is InChI=1S/C20H24ClN3O2/c1-26-19-7-3-6-18(13-19)24-10-8-23(9-11-24)15-20(25)22-14-16-4-2-5-17(21)12-16/h2-7,12-13H,8-11,14-15H2,1H3,(H,22,25). The van der Waals surface area contributed by atoms with Gasteiger partial charge in [0.05, 0.1) is 13.7 Å². The first-order chi connectivity index (χ1) is 12.6. The number of halogens is 1. The highest BCUT2D eigenvalue weighted by Crippen LogP contribution is 2.22. The number of benzene rings is 2. The second-order valence-electron chi connectivity index (χ2n) is 6.37. The molecule has 1 saturated heterocycles. The van der Waals surface area contributed by atoms with Crippen molar-refractivity contribution < 1.29 is 9.53 Å². The van der Waals surface area contributed by atoms with Crippen LogP contribution in [0.1, 0.15) is 5.56 Å². The topological polar surface area (TPSA) is 44.8 Å². The van der Waals surface area contributed by atoms with Crippen molar-refractivity contribution in [3.63, 3.8) is 0 Å². The summed E-state index contributed by atoms with van der Waals surface area (Å²) in [6.07, 6.45) is 0. The molecular formula is C20H24ClN3O2. The number of anilines is 1. The highest BCUT2D eigenvalue weighted by atomic mass is 35.5. The summed E-state index contributed by atoms with van der Waals surface area (Å²) in [6.45, 7) is 4.45. The summed E-state index contributed by atoms with van der Waals surface area (Å²) in [4.78, 5) is 16.7. The summed E-state index contributed by atoms with van der Waals surface area (Å²) >= 11 is 5.97. The average Bonchev–Trinajstić information content (AvgIpc) is 2.67. The van der Waals surface area contributed by atoms with Crippen LogP contribution >= 0.6 is 11.6 Å². The van der Waals surface area contributed by atoms with Crippen molar-refractivity contribution in [1.82, 2.24) is 10.2 Å². The van der Waals surface area contributed by atoms with Crippen molar-refractivity contribution in [2.75, 3.05) is 44.7 Å². The monoisotopic (exact) mass is 373 g/mol. The molecule has 0 radical (unpaired) electrons. The van der Waals surface area contributed by atoms with Crippen LogP contribution in [0.15, 0.2) is 48.5 Å². The van der Waals surface area contributed by atoms with Crippen molar-refractivity contribution in [1.29, 1.82) is 0 Å². The number of methoxy groups -OCH3 is 1. The molecule has 0 saturated carbocycles. The SMILES string of the molecule is COc1cccc(N2CCN(CC(=O)NCc3cccc(Cl)c3)CC2)c1. The number of rotatable bonds is 6. The first-order valence-corrected chi connectivity index (χ1v) is 9.14. The van der Waals surface area contributed by atoms with Gasteiger partial charge in [0.25, 0.3) is 0 Å². The van der Waals surface area contributed by atoms with Gasteiger partial charge in [-0.15, -0.1) is 0 Å². The third kappa shape index (κ3) is 5.13. The Morgan fingerprint density at radius 2 is 1.88 bits per heavy atom. The smallest absolute Gasteiger partial charge is 0.234 e. The van der Waals surface area contributed by atoms with Crippen LogP contribution < -0.4 is 15.0 Å². The van der Waals surface area contributed by atoms with E-state index in [0.717, 1.165) is 43.2 Å². The Labute approximate surface area is 159 Å². The molecule has 5 nitrogen and oxygen atoms in total. The molecule has 1 amide bonds. The summed E-state index contributed by atoms with van der Waals surface area (Å²) in [6, 6.07) is 15.6. The molecule has 3 rings (SSSR count). The van der Waals surface area contributed by atoms with Gasteiger partial charge in [-0.3, -0.25) is 9.69 Å². The van der Waals surface area contributed by atoms with Crippen LogP contribution in [0.25, 0.3) is 0 Å². The Bertz CT molecular complexity index is 745. The molecule has 1 aliphatic heterocycles. The van der Waals surface area contributed by atoms with Gasteiger partial charge in [-0.1, -0.05) is 29.8 Å². The van der Waals surface area contributed by atoms with E-state index in [1.807, 2.05) is 42.5 Å². The van der Waals surface area contributed by atoms with Gasteiger partial charge in [-0.05, 0) is 29.8 Å². The van der Waals surface area contributed by atoms with Crippen LogP contribution in [0, 0.1) is 0 Å². The lowest BCUT2D eigenvalue weighted by Gasteiger charge is -2.35. The van der Waals surface area contributed by atoms with E-state index in [2.05, 4.69) is 21.2 Å². The summed E-state index contributed by atoms with van der Waals surface area (Å²) in [5.74, 6) is 0.908. The number of nitrogens with zero attached hydrogens (tertiary/aromatic N) is 2. The first-order valence-electron chi connectivity index (χ1n) is 8.76. The van der Waals surface area contributed by atoms with Gasteiger partial charge in [0.2, 0.25) is 5.91 Å². The highest BCUT2D eigenvalue weighted by Gasteiger charge is 2.19. The van der Waals surface area contributed by atoms with Crippen molar-refractivity contribution >= 4 is 23.2 Å². The minimum Gasteiger partial charge on any atom is -0.497 e. The highest BCUT2D eigenvalue weighted by molar-refractivity contribution is 6.30. The van der Waals surface area contributed by atoms with Crippen LogP contribution in [0.2, 0.25) is 5.02 Å². The zero-order valence-electron chi connectivity index (χ0n) is 15.0. The molecule has 0 spiro atoms. The molecule has 0 atom stereocenters. The Morgan fingerprint density at radius 1 is 1.12 bits per heavy atom. The maximum absolute atomic E-state index is 12.2. The zero-order chi connectivity index (χ0) is 18.4. The van der Waals surface area contributed by atoms with E-state index in [1.54, 1.807) is 7.11 Å². The number of hydrogen-bond acceptors (Lipinski definition) is 4. The van der Waals surface area contributed by atoms with Gasteiger partial charge in [0.1, 0.15) is 5.75 Å². The van der Waals surface area contributed by atoms with Crippen LogP contribution in [0.4, 0.5) is 5.69 Å². The van der Waals surface area contributed by atoms with E-state index in [9.17, 15) is 4.79 Å². The summed E-state index contributed by atoms with van der Waals surface area (Å²) in [5.41, 5.74) is 2.17. The molecule has 0 unspecified atom stereocenters. The third-order valence-corrected chi connectivity index (χ3v) is 4.77. The van der Waals surface area contributed by atoms with E-state index in [0.29, 0.717) is 18.1 Å². The van der Waals surface area contributed by atoms with Gasteiger partial charge in [-0.2, -0.15) is 0 Å². The number of carbonyl (C=O) groups is 1. The van der Waals surface area contributed by atoms with Crippen molar-refractivity contribution in [2.45, 2.75) is 6.54 Å². The molecular weight excluding hydrogens is 350 g/mol. The lowest BCUT2D eigenvalue weighted by Crippen LogP contribution is -2.49. The van der Waals surface area contributed by atoms with Crippen LogP contribution in [-0.2, 0) is 11.3 Å². The number of ether oxygens (including phenoxy) is 1. The Hall–Kier alpha value is -2.24. The van der Waals surface area contributed by atoms with Gasteiger partial charge in [0, 0.05) is 49.5 Å². The molecule has 26 heavy (non-hydrogen) atoms. The number of amides is 1. The van der Waals surface area contributed by atoms with E-state index in [1.165, 1.54) is 0 Å². The minimum absolute atomic E-state index is 0.0415. The fraction of sp³-hybridized carbons (Fsp3) is 0.350. The van der Waals surface area contributed by atoms with Crippen LogP contribution in [0.3, 0.4) is 0 Å². The van der Waals surface area contributed by atoms with E-state index in [-0.39, 0.29) is 5.91 Å². The summed E-state index contributed by atoms with van der Waals surface area (Å²) in [5, 5.41) is 3.65. The predicted molar refractivity (Wildman–Crippen MR) is 105 cm³/mol. The minimum atomic E-state index is 0.0415. The molecule has 1 heterocycles. The predicted octanol–water partition coefficient (Wildman–Crippen LogP) is 2.79. The lowest BCUT2D eigenvalue weighted by atomic mass is 10.2. The van der Waals surface area contributed by atoms with Crippen molar-refractivity contribution in [3.05, 3.63) is 59.1 Å². The fourth-order valence-electron chi connectivity index (χ4n) is 3.08. The molecule has 1 fully saturated rings. The molecule has 138 valence electrons. The number of hydrogen-bond donors (Lipinski definition) is 1. The van der Waals surface area contributed by atoms with E-state index >= 15 is 0 Å². The average molecular weight is 374 g/mol. The van der Waals surface area contributed by atoms with Gasteiger partial charge in [0.15, 0.2) is 0 Å². The van der Waals surface area contributed by atoms with Gasteiger partial charge < -0.3 is 15.0 Å². The van der Waals surface area contributed by atoms with Gasteiger partial charge in [-0.25, -0.2) is 0 Å².